The lowest BCUT2D eigenvalue weighted by Gasteiger charge is -2.13. The molecule has 1 fully saturated rings. The Kier molecular flexibility index (Phi) is 7.74. The summed E-state index contributed by atoms with van der Waals surface area (Å²) in [7, 11) is 0. The van der Waals surface area contributed by atoms with E-state index >= 15 is 0 Å². The van der Waals surface area contributed by atoms with Gasteiger partial charge in [0.05, 0.1) is 20.4 Å². The Labute approximate surface area is 194 Å². The SMILES string of the molecule is C=CCOc1c(Br)cc(/C=C2\SC(=O)N(CCOc3ccc(F)cc3)C2=O)cc1Br. The first kappa shape index (κ1) is 22.6. The number of rotatable bonds is 8. The third-order valence-electron chi connectivity index (χ3n) is 3.93. The lowest BCUT2D eigenvalue weighted by Crippen LogP contribution is -2.32. The number of hydrogen-bond donors (Lipinski definition) is 0. The Hall–Kier alpha value is -2.10. The quantitative estimate of drug-likeness (QED) is 0.293. The van der Waals surface area contributed by atoms with Crippen molar-refractivity contribution in [2.24, 2.45) is 0 Å². The fraction of sp³-hybridized carbons (Fsp3) is 0.143. The molecule has 0 aliphatic carbocycles. The highest BCUT2D eigenvalue weighted by Crippen LogP contribution is 2.37. The Morgan fingerprint density at radius 1 is 1.10 bits per heavy atom. The summed E-state index contributed by atoms with van der Waals surface area (Å²) >= 11 is 7.77. The zero-order valence-corrected chi connectivity index (χ0v) is 19.6. The highest BCUT2D eigenvalue weighted by Gasteiger charge is 2.34. The molecule has 0 aromatic heterocycles. The van der Waals surface area contributed by atoms with Crippen LogP contribution in [0.5, 0.6) is 11.5 Å². The predicted molar refractivity (Wildman–Crippen MR) is 122 cm³/mol. The van der Waals surface area contributed by atoms with Crippen LogP contribution in [0.15, 0.2) is 62.9 Å². The van der Waals surface area contributed by atoms with E-state index < -0.39 is 0 Å². The second-order valence-electron chi connectivity index (χ2n) is 6.05. The summed E-state index contributed by atoms with van der Waals surface area (Å²) in [5.74, 6) is 0.342. The number of carbonyl (C=O) groups excluding carboxylic acids is 2. The molecule has 0 atom stereocenters. The fourth-order valence-electron chi connectivity index (χ4n) is 2.57. The van der Waals surface area contributed by atoms with Crippen molar-refractivity contribution in [1.82, 2.24) is 4.90 Å². The topological polar surface area (TPSA) is 55.8 Å². The van der Waals surface area contributed by atoms with Crippen LogP contribution in [0.3, 0.4) is 0 Å². The van der Waals surface area contributed by atoms with Gasteiger partial charge in [-0.15, -0.1) is 0 Å². The fourth-order valence-corrected chi connectivity index (χ4v) is 4.89. The standard InChI is InChI=1S/C21H16Br2FNO4S/c1-2-8-29-19-16(22)10-13(11-17(19)23)12-18-20(26)25(21(27)30-18)7-9-28-15-5-3-14(24)4-6-15/h2-6,10-12H,1,7-9H2/b18-12-. The average Bonchev–Trinajstić information content (AvgIpc) is 2.96. The van der Waals surface area contributed by atoms with Gasteiger partial charge in [-0.1, -0.05) is 12.7 Å². The van der Waals surface area contributed by atoms with Crippen molar-refractivity contribution >= 4 is 60.8 Å². The van der Waals surface area contributed by atoms with Crippen molar-refractivity contribution in [2.75, 3.05) is 19.8 Å². The van der Waals surface area contributed by atoms with Gasteiger partial charge in [-0.2, -0.15) is 0 Å². The molecule has 0 bridgehead atoms. The van der Waals surface area contributed by atoms with Gasteiger partial charge in [-0.25, -0.2) is 4.39 Å². The monoisotopic (exact) mass is 555 g/mol. The first-order chi connectivity index (χ1) is 14.4. The smallest absolute Gasteiger partial charge is 0.293 e. The number of thioether (sulfide) groups is 1. The molecule has 0 N–H and O–H groups in total. The minimum absolute atomic E-state index is 0.0983. The Balaban J connectivity index is 1.67. The van der Waals surface area contributed by atoms with Gasteiger partial charge in [-0.3, -0.25) is 14.5 Å². The molecule has 5 nitrogen and oxygen atoms in total. The molecule has 0 unspecified atom stereocenters. The number of imide groups is 1. The third kappa shape index (κ3) is 5.53. The predicted octanol–water partition coefficient (Wildman–Crippen LogP) is 6.03. The van der Waals surface area contributed by atoms with E-state index in [-0.39, 0.29) is 30.1 Å². The number of nitrogens with zero attached hydrogens (tertiary/aromatic N) is 1. The first-order valence-electron chi connectivity index (χ1n) is 8.75. The van der Waals surface area contributed by atoms with Crippen LogP contribution >= 0.6 is 43.6 Å². The second kappa shape index (κ2) is 10.3. The van der Waals surface area contributed by atoms with Crippen LogP contribution in [0.2, 0.25) is 0 Å². The van der Waals surface area contributed by atoms with E-state index in [9.17, 15) is 14.0 Å². The molecular formula is C21H16Br2FNO4S. The Bertz CT molecular complexity index is 988. The summed E-state index contributed by atoms with van der Waals surface area (Å²) in [6.45, 7) is 4.19. The van der Waals surface area contributed by atoms with Gasteiger partial charge < -0.3 is 9.47 Å². The van der Waals surface area contributed by atoms with Crippen LogP contribution in [0.25, 0.3) is 6.08 Å². The third-order valence-corrected chi connectivity index (χ3v) is 6.02. The number of hydrogen-bond acceptors (Lipinski definition) is 5. The van der Waals surface area contributed by atoms with Gasteiger partial charge in [0.2, 0.25) is 0 Å². The summed E-state index contributed by atoms with van der Waals surface area (Å²) in [6.07, 6.45) is 3.29. The van der Waals surface area contributed by atoms with E-state index in [1.807, 2.05) is 0 Å². The van der Waals surface area contributed by atoms with Gasteiger partial charge in [0.25, 0.3) is 11.1 Å². The molecule has 30 heavy (non-hydrogen) atoms. The van der Waals surface area contributed by atoms with Crippen molar-refractivity contribution in [3.05, 3.63) is 74.3 Å². The van der Waals surface area contributed by atoms with Gasteiger partial charge in [0.1, 0.15) is 30.5 Å². The first-order valence-corrected chi connectivity index (χ1v) is 11.2. The zero-order chi connectivity index (χ0) is 21.7. The van der Waals surface area contributed by atoms with Crippen LogP contribution in [-0.4, -0.2) is 35.8 Å². The summed E-state index contributed by atoms with van der Waals surface area (Å²) in [5, 5.41) is -0.363. The molecule has 0 saturated carbocycles. The van der Waals surface area contributed by atoms with Gasteiger partial charge in [-0.05, 0) is 91.7 Å². The van der Waals surface area contributed by atoms with E-state index in [2.05, 4.69) is 38.4 Å². The van der Waals surface area contributed by atoms with E-state index in [0.717, 1.165) is 22.2 Å². The Morgan fingerprint density at radius 2 is 1.77 bits per heavy atom. The molecule has 1 heterocycles. The number of benzene rings is 2. The second-order valence-corrected chi connectivity index (χ2v) is 8.75. The van der Waals surface area contributed by atoms with Crippen LogP contribution in [0, 0.1) is 5.82 Å². The largest absolute Gasteiger partial charge is 0.492 e. The molecule has 0 radical (unpaired) electrons. The van der Waals surface area contributed by atoms with Crippen molar-refractivity contribution in [3.8, 4) is 11.5 Å². The summed E-state index contributed by atoms with van der Waals surface area (Å²) in [5.41, 5.74) is 0.729. The lowest BCUT2D eigenvalue weighted by molar-refractivity contribution is -0.123. The maximum atomic E-state index is 12.9. The lowest BCUT2D eigenvalue weighted by atomic mass is 10.2. The van der Waals surface area contributed by atoms with Gasteiger partial charge in [0, 0.05) is 0 Å². The molecule has 2 aromatic carbocycles. The average molecular weight is 557 g/mol. The number of halogens is 3. The van der Waals surface area contributed by atoms with Crippen molar-refractivity contribution in [1.29, 1.82) is 0 Å². The van der Waals surface area contributed by atoms with E-state index in [0.29, 0.717) is 32.0 Å². The summed E-state index contributed by atoms with van der Waals surface area (Å²) < 4.78 is 25.4. The van der Waals surface area contributed by atoms with Crippen molar-refractivity contribution in [3.63, 3.8) is 0 Å². The van der Waals surface area contributed by atoms with E-state index in [1.54, 1.807) is 24.3 Å². The van der Waals surface area contributed by atoms with Gasteiger partial charge in [0.15, 0.2) is 0 Å². The van der Waals surface area contributed by atoms with Crippen LogP contribution in [0.1, 0.15) is 5.56 Å². The van der Waals surface area contributed by atoms with Crippen molar-refractivity contribution < 1.29 is 23.5 Å². The van der Waals surface area contributed by atoms with Crippen LogP contribution in [-0.2, 0) is 4.79 Å². The Morgan fingerprint density at radius 3 is 2.40 bits per heavy atom. The highest BCUT2D eigenvalue weighted by molar-refractivity contribution is 9.11. The summed E-state index contributed by atoms with van der Waals surface area (Å²) in [6, 6.07) is 9.14. The molecule has 0 spiro atoms. The molecule has 9 heteroatoms. The molecule has 2 aromatic rings. The van der Waals surface area contributed by atoms with Gasteiger partial charge >= 0.3 is 0 Å². The van der Waals surface area contributed by atoms with Crippen LogP contribution in [0.4, 0.5) is 9.18 Å². The molecular weight excluding hydrogens is 541 g/mol. The maximum Gasteiger partial charge on any atom is 0.293 e. The van der Waals surface area contributed by atoms with Crippen LogP contribution < -0.4 is 9.47 Å². The maximum absolute atomic E-state index is 12.9. The zero-order valence-electron chi connectivity index (χ0n) is 15.6. The molecule has 156 valence electrons. The number of amides is 2. The molecule has 1 aliphatic rings. The number of carbonyl (C=O) groups is 2. The van der Waals surface area contributed by atoms with Crippen molar-refractivity contribution in [2.45, 2.75) is 0 Å². The highest BCUT2D eigenvalue weighted by atomic mass is 79.9. The number of ether oxygens (including phenoxy) is 2. The molecule has 2 amide bonds. The minimum atomic E-state index is -0.382. The normalized spacial score (nSPS) is 15.0. The van der Waals surface area contributed by atoms with E-state index in [4.69, 9.17) is 9.47 Å². The van der Waals surface area contributed by atoms with E-state index in [1.165, 1.54) is 24.3 Å². The minimum Gasteiger partial charge on any atom is -0.492 e. The summed E-state index contributed by atoms with van der Waals surface area (Å²) in [4.78, 5) is 26.3. The molecule has 1 aliphatic heterocycles. The molecule has 1 saturated heterocycles. The molecule has 3 rings (SSSR count).